The molecule has 7 heteroatoms. The van der Waals surface area contributed by atoms with Crippen LogP contribution in [-0.2, 0) is 16.0 Å². The van der Waals surface area contributed by atoms with Crippen LogP contribution in [0.5, 0.6) is 5.75 Å². The fourth-order valence-electron chi connectivity index (χ4n) is 3.82. The average molecular weight is 449 g/mol. The molecule has 0 radical (unpaired) electrons. The summed E-state index contributed by atoms with van der Waals surface area (Å²) in [6, 6.07) is 18.7. The first-order chi connectivity index (χ1) is 15.5. The Morgan fingerprint density at radius 2 is 1.88 bits per heavy atom. The lowest BCUT2D eigenvalue weighted by Gasteiger charge is -2.25. The first-order valence-corrected chi connectivity index (χ1v) is 10.5. The summed E-state index contributed by atoms with van der Waals surface area (Å²) in [4.78, 5) is 31.6. The number of methoxy groups -OCH3 is 1. The summed E-state index contributed by atoms with van der Waals surface area (Å²) in [5.41, 5.74) is 1.87. The number of aliphatic hydroxyl groups excluding tert-OH is 1. The number of ether oxygens (including phenoxy) is 1. The molecule has 32 heavy (non-hydrogen) atoms. The molecular weight excluding hydrogens is 428 g/mol. The second kappa shape index (κ2) is 9.24. The van der Waals surface area contributed by atoms with Crippen molar-refractivity contribution >= 4 is 29.1 Å². The molecule has 1 amide bonds. The fraction of sp³-hybridized carbons (Fsp3) is 0.160. The van der Waals surface area contributed by atoms with Crippen LogP contribution in [-0.4, -0.2) is 40.3 Å². The van der Waals surface area contributed by atoms with Crippen molar-refractivity contribution in [1.29, 1.82) is 0 Å². The molecule has 0 saturated carbocycles. The SMILES string of the molecule is COc1ccc(CCN2C(=O)C(=O)/C(=C(\O)c3ccccn3)C2c2cccc(Cl)c2)cc1. The standard InChI is InChI=1S/C25H21ClN2O4/c1-32-19-10-8-16(9-11-19)12-14-28-22(17-5-4-6-18(26)15-17)21(24(30)25(28)31)23(29)20-7-2-3-13-27-20/h2-11,13,15,22,29H,12,14H2,1H3/b23-21-. The molecular formula is C25H21ClN2O4. The first-order valence-electron chi connectivity index (χ1n) is 10.1. The minimum Gasteiger partial charge on any atom is -0.505 e. The van der Waals surface area contributed by atoms with Crippen LogP contribution in [0.1, 0.15) is 22.9 Å². The molecule has 4 rings (SSSR count). The summed E-state index contributed by atoms with van der Waals surface area (Å²) in [7, 11) is 1.60. The topological polar surface area (TPSA) is 79.7 Å². The van der Waals surface area contributed by atoms with Gasteiger partial charge in [-0.3, -0.25) is 14.6 Å². The quantitative estimate of drug-likeness (QED) is 0.343. The summed E-state index contributed by atoms with van der Waals surface area (Å²) in [6.45, 7) is 0.285. The van der Waals surface area contributed by atoms with Crippen LogP contribution in [0.25, 0.3) is 5.76 Å². The highest BCUT2D eigenvalue weighted by Crippen LogP contribution is 2.39. The maximum atomic E-state index is 13.0. The molecule has 0 spiro atoms. The molecule has 1 aliphatic heterocycles. The number of Topliss-reactive ketones (excluding diaryl/α,β-unsaturated/α-hetero) is 1. The third-order valence-electron chi connectivity index (χ3n) is 5.41. The third kappa shape index (κ3) is 4.22. The van der Waals surface area contributed by atoms with E-state index in [1.807, 2.05) is 24.3 Å². The van der Waals surface area contributed by atoms with Gasteiger partial charge in [-0.15, -0.1) is 0 Å². The van der Waals surface area contributed by atoms with E-state index in [2.05, 4.69) is 4.98 Å². The number of hydrogen-bond acceptors (Lipinski definition) is 5. The number of likely N-dealkylation sites (tertiary alicyclic amines) is 1. The fourth-order valence-corrected chi connectivity index (χ4v) is 4.02. The maximum Gasteiger partial charge on any atom is 0.295 e. The highest BCUT2D eigenvalue weighted by Gasteiger charge is 2.46. The Hall–Kier alpha value is -3.64. The van der Waals surface area contributed by atoms with Crippen LogP contribution in [0.4, 0.5) is 0 Å². The van der Waals surface area contributed by atoms with Gasteiger partial charge in [-0.05, 0) is 53.9 Å². The van der Waals surface area contributed by atoms with Crippen LogP contribution < -0.4 is 4.74 Å². The van der Waals surface area contributed by atoms with E-state index in [9.17, 15) is 14.7 Å². The van der Waals surface area contributed by atoms with Gasteiger partial charge in [0.25, 0.3) is 11.7 Å². The molecule has 1 saturated heterocycles. The maximum absolute atomic E-state index is 13.0. The number of benzene rings is 2. The molecule has 2 aromatic carbocycles. The van der Waals surface area contributed by atoms with Crippen molar-refractivity contribution in [2.75, 3.05) is 13.7 Å². The first kappa shape index (κ1) is 21.6. The summed E-state index contributed by atoms with van der Waals surface area (Å²) >= 11 is 6.20. The van der Waals surface area contributed by atoms with Crippen molar-refractivity contribution in [3.05, 3.63) is 100 Å². The van der Waals surface area contributed by atoms with Crippen LogP contribution in [0, 0.1) is 0 Å². The smallest absolute Gasteiger partial charge is 0.295 e. The van der Waals surface area contributed by atoms with Gasteiger partial charge in [0, 0.05) is 17.8 Å². The Bertz CT molecular complexity index is 1180. The van der Waals surface area contributed by atoms with Gasteiger partial charge in [0.05, 0.1) is 18.7 Å². The van der Waals surface area contributed by atoms with E-state index in [-0.39, 0.29) is 23.6 Å². The predicted molar refractivity (Wildman–Crippen MR) is 121 cm³/mol. The molecule has 1 aromatic heterocycles. The van der Waals surface area contributed by atoms with Gasteiger partial charge >= 0.3 is 0 Å². The van der Waals surface area contributed by atoms with Crippen molar-refractivity contribution in [1.82, 2.24) is 9.88 Å². The zero-order valence-corrected chi connectivity index (χ0v) is 18.1. The number of halogens is 1. The van der Waals surface area contributed by atoms with Crippen LogP contribution in [0.2, 0.25) is 5.02 Å². The number of hydrogen-bond donors (Lipinski definition) is 1. The minimum absolute atomic E-state index is 0.00528. The van der Waals surface area contributed by atoms with Gasteiger partial charge in [0.1, 0.15) is 11.4 Å². The van der Waals surface area contributed by atoms with Gasteiger partial charge in [-0.2, -0.15) is 0 Å². The highest BCUT2D eigenvalue weighted by atomic mass is 35.5. The third-order valence-corrected chi connectivity index (χ3v) is 5.65. The van der Waals surface area contributed by atoms with E-state index in [1.165, 1.54) is 11.1 Å². The lowest BCUT2D eigenvalue weighted by Crippen LogP contribution is -2.31. The molecule has 1 N–H and O–H groups in total. The van der Waals surface area contributed by atoms with Crippen LogP contribution in [0.3, 0.4) is 0 Å². The predicted octanol–water partition coefficient (Wildman–Crippen LogP) is 4.41. The zero-order valence-electron chi connectivity index (χ0n) is 17.4. The summed E-state index contributed by atoms with van der Waals surface area (Å²) < 4.78 is 5.19. The number of carbonyl (C=O) groups excluding carboxylic acids is 2. The number of carbonyl (C=O) groups is 2. The normalized spacial score (nSPS) is 17.6. The number of pyridine rings is 1. The Morgan fingerprint density at radius 3 is 2.53 bits per heavy atom. The molecule has 1 unspecified atom stereocenters. The second-order valence-corrected chi connectivity index (χ2v) is 7.80. The lowest BCUT2D eigenvalue weighted by atomic mass is 9.96. The summed E-state index contributed by atoms with van der Waals surface area (Å²) in [5.74, 6) is -0.974. The molecule has 0 aliphatic carbocycles. The van der Waals surface area contributed by atoms with Crippen molar-refractivity contribution in [3.63, 3.8) is 0 Å². The molecule has 2 heterocycles. The van der Waals surface area contributed by atoms with Crippen molar-refractivity contribution < 1.29 is 19.4 Å². The van der Waals surface area contributed by atoms with E-state index in [1.54, 1.807) is 49.6 Å². The molecule has 162 valence electrons. The molecule has 0 bridgehead atoms. The van der Waals surface area contributed by atoms with E-state index in [0.29, 0.717) is 17.0 Å². The summed E-state index contributed by atoms with van der Waals surface area (Å²) in [6.07, 6.45) is 2.04. The van der Waals surface area contributed by atoms with Crippen LogP contribution in [0.15, 0.2) is 78.5 Å². The average Bonchev–Trinajstić information content (AvgIpc) is 3.08. The van der Waals surface area contributed by atoms with Crippen molar-refractivity contribution in [3.8, 4) is 5.75 Å². The Morgan fingerprint density at radius 1 is 1.09 bits per heavy atom. The van der Waals surface area contributed by atoms with Gasteiger partial charge in [-0.25, -0.2) is 0 Å². The Balaban J connectivity index is 1.74. The molecule has 6 nitrogen and oxygen atoms in total. The zero-order chi connectivity index (χ0) is 22.7. The van der Waals surface area contributed by atoms with Gasteiger partial charge < -0.3 is 14.7 Å². The number of aliphatic hydroxyl groups is 1. The largest absolute Gasteiger partial charge is 0.505 e. The number of rotatable bonds is 6. The summed E-state index contributed by atoms with van der Waals surface area (Å²) in [5, 5.41) is 11.4. The molecule has 1 fully saturated rings. The van der Waals surface area contributed by atoms with Gasteiger partial charge in [0.2, 0.25) is 0 Å². The Kier molecular flexibility index (Phi) is 6.23. The highest BCUT2D eigenvalue weighted by molar-refractivity contribution is 6.46. The van der Waals surface area contributed by atoms with Gasteiger partial charge in [0.15, 0.2) is 5.76 Å². The molecule has 3 aromatic rings. The van der Waals surface area contributed by atoms with E-state index < -0.39 is 17.7 Å². The van der Waals surface area contributed by atoms with E-state index >= 15 is 0 Å². The number of amides is 1. The molecule has 1 atom stereocenters. The minimum atomic E-state index is -0.769. The van der Waals surface area contributed by atoms with E-state index in [4.69, 9.17) is 16.3 Å². The number of nitrogens with zero attached hydrogens (tertiary/aromatic N) is 2. The monoisotopic (exact) mass is 448 g/mol. The van der Waals surface area contributed by atoms with Crippen molar-refractivity contribution in [2.24, 2.45) is 0 Å². The Labute approximate surface area is 190 Å². The van der Waals surface area contributed by atoms with Crippen LogP contribution >= 0.6 is 11.6 Å². The van der Waals surface area contributed by atoms with Crippen molar-refractivity contribution in [2.45, 2.75) is 12.5 Å². The molecule has 1 aliphatic rings. The second-order valence-electron chi connectivity index (χ2n) is 7.36. The lowest BCUT2D eigenvalue weighted by molar-refractivity contribution is -0.139. The number of ketones is 1. The van der Waals surface area contributed by atoms with E-state index in [0.717, 1.165) is 11.3 Å². The van der Waals surface area contributed by atoms with Gasteiger partial charge in [-0.1, -0.05) is 41.9 Å². The number of aromatic nitrogens is 1.